The van der Waals surface area contributed by atoms with Crippen LogP contribution in [0, 0.1) is 0 Å². The number of aromatic nitrogens is 2. The minimum absolute atomic E-state index is 0.0250. The summed E-state index contributed by atoms with van der Waals surface area (Å²) in [5, 5.41) is 2.97. The molecule has 11 heteroatoms. The molecule has 0 bridgehead atoms. The number of imidazole rings is 1. The molecule has 1 aromatic heterocycles. The van der Waals surface area contributed by atoms with E-state index < -0.39 is 20.0 Å². The standard InChI is InChI=1S/C17H27N5O4S2/c1-5-10-18-15-9-8-14(28(25,26)22(6-2)7-3)11-16(15)20-27(23,24)17-12-21(4)13-19-17/h8-9,11-13,18,20H,5-7,10H2,1-4H3. The first-order valence-electron chi connectivity index (χ1n) is 9.04. The van der Waals surface area contributed by atoms with Crippen LogP contribution in [0.25, 0.3) is 0 Å². The lowest BCUT2D eigenvalue weighted by Gasteiger charge is -2.20. The Hall–Kier alpha value is -2.11. The van der Waals surface area contributed by atoms with Crippen molar-refractivity contribution >= 4 is 31.4 Å². The third-order valence-corrected chi connectivity index (χ3v) is 7.40. The second-order valence-electron chi connectivity index (χ2n) is 6.21. The molecule has 0 spiro atoms. The number of hydrogen-bond acceptors (Lipinski definition) is 6. The largest absolute Gasteiger partial charge is 0.383 e. The monoisotopic (exact) mass is 429 g/mol. The van der Waals surface area contributed by atoms with Gasteiger partial charge in [0.15, 0.2) is 5.03 Å². The van der Waals surface area contributed by atoms with Gasteiger partial charge in [-0.25, -0.2) is 13.4 Å². The molecule has 0 amide bonds. The number of nitrogens with one attached hydrogen (secondary N) is 2. The second kappa shape index (κ2) is 8.93. The van der Waals surface area contributed by atoms with Crippen LogP contribution in [0.4, 0.5) is 11.4 Å². The second-order valence-corrected chi connectivity index (χ2v) is 9.77. The predicted molar refractivity (Wildman–Crippen MR) is 109 cm³/mol. The smallest absolute Gasteiger partial charge is 0.281 e. The molecule has 156 valence electrons. The van der Waals surface area contributed by atoms with E-state index in [4.69, 9.17) is 0 Å². The molecule has 0 saturated heterocycles. The molecular weight excluding hydrogens is 402 g/mol. The highest BCUT2D eigenvalue weighted by molar-refractivity contribution is 7.92. The fraction of sp³-hybridized carbons (Fsp3) is 0.471. The molecule has 1 heterocycles. The average Bonchev–Trinajstić information content (AvgIpc) is 3.08. The highest BCUT2D eigenvalue weighted by atomic mass is 32.2. The number of rotatable bonds is 10. The summed E-state index contributed by atoms with van der Waals surface area (Å²) in [6.07, 6.45) is 3.58. The Balaban J connectivity index is 2.50. The van der Waals surface area contributed by atoms with E-state index in [1.807, 2.05) is 6.92 Å². The SMILES string of the molecule is CCCNc1ccc(S(=O)(=O)N(CC)CC)cc1NS(=O)(=O)c1cn(C)cn1. The van der Waals surface area contributed by atoms with E-state index in [9.17, 15) is 16.8 Å². The first kappa shape index (κ1) is 22.2. The van der Waals surface area contributed by atoms with Crippen molar-refractivity contribution in [3.8, 4) is 0 Å². The van der Waals surface area contributed by atoms with Gasteiger partial charge in [0.05, 0.1) is 22.6 Å². The summed E-state index contributed by atoms with van der Waals surface area (Å²) in [6.45, 7) is 6.74. The normalized spacial score (nSPS) is 12.3. The number of hydrogen-bond donors (Lipinski definition) is 2. The van der Waals surface area contributed by atoms with Gasteiger partial charge in [0.1, 0.15) is 0 Å². The Bertz CT molecular complexity index is 1010. The highest BCUT2D eigenvalue weighted by Gasteiger charge is 2.25. The Kier molecular flexibility index (Phi) is 7.07. The molecule has 0 aliphatic rings. The van der Waals surface area contributed by atoms with Crippen LogP contribution in [0.3, 0.4) is 0 Å². The van der Waals surface area contributed by atoms with E-state index in [1.165, 1.54) is 33.5 Å². The molecule has 9 nitrogen and oxygen atoms in total. The molecule has 0 radical (unpaired) electrons. The zero-order valence-electron chi connectivity index (χ0n) is 16.5. The lowest BCUT2D eigenvalue weighted by Crippen LogP contribution is -2.30. The fourth-order valence-corrected chi connectivity index (χ4v) is 5.16. The van der Waals surface area contributed by atoms with Gasteiger partial charge in [0.2, 0.25) is 10.0 Å². The van der Waals surface area contributed by atoms with Crippen LogP contribution in [-0.4, -0.2) is 50.3 Å². The fourth-order valence-electron chi connectivity index (χ4n) is 2.62. The molecule has 0 unspecified atom stereocenters. The van der Waals surface area contributed by atoms with Crippen molar-refractivity contribution in [2.45, 2.75) is 37.1 Å². The summed E-state index contributed by atoms with van der Waals surface area (Å²) in [4.78, 5) is 3.89. The van der Waals surface area contributed by atoms with Crippen LogP contribution in [0.15, 0.2) is 40.6 Å². The molecule has 2 rings (SSSR count). The van der Waals surface area contributed by atoms with Gasteiger partial charge in [-0.05, 0) is 24.6 Å². The van der Waals surface area contributed by atoms with Crippen molar-refractivity contribution in [2.24, 2.45) is 7.05 Å². The quantitative estimate of drug-likeness (QED) is 0.598. The van der Waals surface area contributed by atoms with E-state index in [2.05, 4.69) is 15.0 Å². The first-order valence-corrected chi connectivity index (χ1v) is 12.0. The third kappa shape index (κ3) is 4.83. The topological polar surface area (TPSA) is 113 Å². The summed E-state index contributed by atoms with van der Waals surface area (Å²) in [6, 6.07) is 4.39. The molecule has 0 fully saturated rings. The van der Waals surface area contributed by atoms with Gasteiger partial charge in [-0.2, -0.15) is 12.7 Å². The van der Waals surface area contributed by atoms with Gasteiger partial charge in [-0.3, -0.25) is 4.72 Å². The maximum atomic E-state index is 12.8. The molecule has 2 aromatic rings. The van der Waals surface area contributed by atoms with Crippen LogP contribution < -0.4 is 10.0 Å². The van der Waals surface area contributed by atoms with Crippen molar-refractivity contribution in [2.75, 3.05) is 29.7 Å². The average molecular weight is 430 g/mol. The minimum Gasteiger partial charge on any atom is -0.383 e. The van der Waals surface area contributed by atoms with Crippen molar-refractivity contribution in [1.82, 2.24) is 13.9 Å². The molecule has 28 heavy (non-hydrogen) atoms. The Morgan fingerprint density at radius 3 is 2.29 bits per heavy atom. The molecule has 1 aromatic carbocycles. The van der Waals surface area contributed by atoms with Crippen LogP contribution in [-0.2, 0) is 27.1 Å². The maximum absolute atomic E-state index is 12.8. The maximum Gasteiger partial charge on any atom is 0.281 e. The van der Waals surface area contributed by atoms with Gasteiger partial charge in [0.25, 0.3) is 10.0 Å². The van der Waals surface area contributed by atoms with Crippen LogP contribution >= 0.6 is 0 Å². The number of nitrogens with zero attached hydrogens (tertiary/aromatic N) is 3. The molecule has 2 N–H and O–H groups in total. The van der Waals surface area contributed by atoms with Crippen molar-refractivity contribution in [3.05, 3.63) is 30.7 Å². The lowest BCUT2D eigenvalue weighted by molar-refractivity contribution is 0.445. The summed E-state index contributed by atoms with van der Waals surface area (Å²) in [5.74, 6) is 0. The number of benzene rings is 1. The number of aryl methyl sites for hydroxylation is 1. The van der Waals surface area contributed by atoms with Crippen LogP contribution in [0.1, 0.15) is 27.2 Å². The van der Waals surface area contributed by atoms with Gasteiger partial charge in [0, 0.05) is 32.9 Å². The highest BCUT2D eigenvalue weighted by Crippen LogP contribution is 2.29. The van der Waals surface area contributed by atoms with E-state index in [0.29, 0.717) is 25.3 Å². The van der Waals surface area contributed by atoms with E-state index in [1.54, 1.807) is 27.0 Å². The van der Waals surface area contributed by atoms with Crippen molar-refractivity contribution < 1.29 is 16.8 Å². The molecule has 0 aliphatic carbocycles. The minimum atomic E-state index is -3.96. The summed E-state index contributed by atoms with van der Waals surface area (Å²) >= 11 is 0. The third-order valence-electron chi connectivity index (χ3n) is 4.10. The van der Waals surface area contributed by atoms with E-state index >= 15 is 0 Å². The lowest BCUT2D eigenvalue weighted by atomic mass is 10.2. The van der Waals surface area contributed by atoms with E-state index in [0.717, 1.165) is 6.42 Å². The zero-order chi connectivity index (χ0) is 20.9. The van der Waals surface area contributed by atoms with Crippen molar-refractivity contribution in [1.29, 1.82) is 0 Å². The van der Waals surface area contributed by atoms with Gasteiger partial charge < -0.3 is 9.88 Å². The molecule has 0 aliphatic heterocycles. The van der Waals surface area contributed by atoms with Gasteiger partial charge in [-0.15, -0.1) is 0 Å². The van der Waals surface area contributed by atoms with Gasteiger partial charge >= 0.3 is 0 Å². The molecule has 0 saturated carbocycles. The Labute approximate surface area is 166 Å². The number of anilines is 2. The van der Waals surface area contributed by atoms with Gasteiger partial charge in [-0.1, -0.05) is 20.8 Å². The van der Waals surface area contributed by atoms with Crippen LogP contribution in [0.2, 0.25) is 0 Å². The summed E-state index contributed by atoms with van der Waals surface area (Å²) in [5.41, 5.74) is 0.659. The van der Waals surface area contributed by atoms with Crippen LogP contribution in [0.5, 0.6) is 0 Å². The van der Waals surface area contributed by atoms with Crippen molar-refractivity contribution in [3.63, 3.8) is 0 Å². The first-order chi connectivity index (χ1) is 13.2. The van der Waals surface area contributed by atoms with E-state index in [-0.39, 0.29) is 15.6 Å². The Morgan fingerprint density at radius 2 is 1.75 bits per heavy atom. The Morgan fingerprint density at radius 1 is 1.07 bits per heavy atom. The zero-order valence-corrected chi connectivity index (χ0v) is 18.1. The summed E-state index contributed by atoms with van der Waals surface area (Å²) < 4.78 is 56.3. The number of sulfonamides is 2. The predicted octanol–water partition coefficient (Wildman–Crippen LogP) is 2.07. The molecular formula is C17H27N5O4S2. The summed E-state index contributed by atoms with van der Waals surface area (Å²) in [7, 11) is -6.03. The molecule has 0 atom stereocenters.